The summed E-state index contributed by atoms with van der Waals surface area (Å²) < 4.78 is 39.6. The van der Waals surface area contributed by atoms with Crippen molar-refractivity contribution in [2.75, 3.05) is 21.3 Å². The van der Waals surface area contributed by atoms with Gasteiger partial charge < -0.3 is 19.3 Å². The van der Waals surface area contributed by atoms with E-state index in [0.29, 0.717) is 17.1 Å². The number of hydrazone groups is 1. The van der Waals surface area contributed by atoms with Crippen LogP contribution in [-0.4, -0.2) is 41.1 Å². The van der Waals surface area contributed by atoms with Crippen molar-refractivity contribution in [3.63, 3.8) is 0 Å². The van der Waals surface area contributed by atoms with Crippen molar-refractivity contribution in [2.45, 2.75) is 4.90 Å². The summed E-state index contributed by atoms with van der Waals surface area (Å²) in [7, 11) is 0.419. The van der Waals surface area contributed by atoms with E-state index in [1.165, 1.54) is 51.8 Å². The van der Waals surface area contributed by atoms with Crippen LogP contribution in [0.1, 0.15) is 5.56 Å². The second kappa shape index (κ2) is 7.75. The summed E-state index contributed by atoms with van der Waals surface area (Å²) in [5, 5.41) is 13.4. The molecule has 2 aromatic rings. The van der Waals surface area contributed by atoms with Crippen molar-refractivity contribution >= 4 is 16.2 Å². The molecule has 0 aliphatic heterocycles. The number of phenolic OH excluding ortho intramolecular Hbond substituents is 1. The number of nitrogens with one attached hydrogen (secondary N) is 1. The second-order valence-corrected chi connectivity index (χ2v) is 6.46. The van der Waals surface area contributed by atoms with Crippen molar-refractivity contribution in [2.24, 2.45) is 5.10 Å². The van der Waals surface area contributed by atoms with Crippen LogP contribution in [0.15, 0.2) is 46.4 Å². The lowest BCUT2D eigenvalue weighted by molar-refractivity contribution is 0.354. The molecule has 0 heterocycles. The number of hydrogen-bond donors (Lipinski definition) is 2. The lowest BCUT2D eigenvalue weighted by atomic mass is 10.2. The van der Waals surface area contributed by atoms with Crippen LogP contribution < -0.4 is 19.0 Å². The molecule has 0 spiro atoms. The zero-order valence-corrected chi connectivity index (χ0v) is 14.7. The maximum absolute atomic E-state index is 12.3. The maximum atomic E-state index is 12.3. The highest BCUT2D eigenvalue weighted by Gasteiger charge is 2.16. The van der Waals surface area contributed by atoms with E-state index >= 15 is 0 Å². The Labute approximate surface area is 145 Å². The fourth-order valence-corrected chi connectivity index (χ4v) is 2.80. The summed E-state index contributed by atoms with van der Waals surface area (Å²) in [6.45, 7) is 0. The van der Waals surface area contributed by atoms with Gasteiger partial charge in [0.2, 0.25) is 0 Å². The molecule has 0 radical (unpaired) electrons. The third kappa shape index (κ3) is 4.32. The minimum atomic E-state index is -3.88. The number of benzene rings is 2. The minimum Gasteiger partial charge on any atom is -0.504 e. The Balaban J connectivity index is 2.17. The van der Waals surface area contributed by atoms with Gasteiger partial charge in [0.05, 0.1) is 32.4 Å². The molecule has 0 unspecified atom stereocenters. The summed E-state index contributed by atoms with van der Waals surface area (Å²) in [6, 6.07) is 8.74. The number of aromatic hydroxyl groups is 1. The Morgan fingerprint density at radius 3 is 2.20 bits per heavy atom. The molecule has 2 aromatic carbocycles. The van der Waals surface area contributed by atoms with Crippen LogP contribution in [0.5, 0.6) is 23.0 Å². The van der Waals surface area contributed by atoms with Gasteiger partial charge in [-0.25, -0.2) is 4.83 Å². The fourth-order valence-electron chi connectivity index (χ4n) is 1.99. The summed E-state index contributed by atoms with van der Waals surface area (Å²) >= 11 is 0. The van der Waals surface area contributed by atoms with Crippen molar-refractivity contribution in [1.29, 1.82) is 0 Å². The van der Waals surface area contributed by atoms with Gasteiger partial charge in [-0.2, -0.15) is 13.5 Å². The summed E-state index contributed by atoms with van der Waals surface area (Å²) in [5.74, 6) is 0.936. The van der Waals surface area contributed by atoms with E-state index in [4.69, 9.17) is 14.2 Å². The molecule has 0 fully saturated rings. The van der Waals surface area contributed by atoms with Crippen molar-refractivity contribution in [3.8, 4) is 23.0 Å². The topological polar surface area (TPSA) is 106 Å². The van der Waals surface area contributed by atoms with Crippen molar-refractivity contribution in [1.82, 2.24) is 4.83 Å². The number of ether oxygens (including phenoxy) is 3. The van der Waals surface area contributed by atoms with Crippen LogP contribution >= 0.6 is 0 Å². The third-order valence-corrected chi connectivity index (χ3v) is 4.48. The van der Waals surface area contributed by atoms with Crippen LogP contribution in [0.25, 0.3) is 0 Å². The van der Waals surface area contributed by atoms with Crippen LogP contribution in [-0.2, 0) is 10.0 Å². The highest BCUT2D eigenvalue weighted by Crippen LogP contribution is 2.29. The molecule has 25 heavy (non-hydrogen) atoms. The first-order valence-corrected chi connectivity index (χ1v) is 8.53. The Morgan fingerprint density at radius 1 is 0.960 bits per heavy atom. The second-order valence-electron chi connectivity index (χ2n) is 4.80. The van der Waals surface area contributed by atoms with E-state index in [2.05, 4.69) is 9.93 Å². The van der Waals surface area contributed by atoms with Crippen LogP contribution in [0, 0.1) is 0 Å². The SMILES string of the molecule is COc1ccc(/C=N/NS(=O)(=O)c2ccc(OC)c(OC)c2)cc1O. The van der Waals surface area contributed by atoms with E-state index in [0.717, 1.165) is 0 Å². The highest BCUT2D eigenvalue weighted by molar-refractivity contribution is 7.89. The third-order valence-electron chi connectivity index (χ3n) is 3.25. The molecule has 0 saturated carbocycles. The lowest BCUT2D eigenvalue weighted by Crippen LogP contribution is -2.18. The predicted molar refractivity (Wildman–Crippen MR) is 92.1 cm³/mol. The van der Waals surface area contributed by atoms with Gasteiger partial charge in [-0.05, 0) is 35.9 Å². The zero-order valence-electron chi connectivity index (χ0n) is 13.9. The molecule has 2 rings (SSSR count). The summed E-state index contributed by atoms with van der Waals surface area (Å²) in [6.07, 6.45) is 1.26. The standard InChI is InChI=1S/C16H18N2O6S/c1-22-14-6-4-11(8-13(14)19)10-17-18-25(20,21)12-5-7-15(23-2)16(9-12)24-3/h4-10,18-19H,1-3H3/b17-10+. The van der Waals surface area contributed by atoms with Gasteiger partial charge >= 0.3 is 0 Å². The quantitative estimate of drug-likeness (QED) is 0.571. The summed E-state index contributed by atoms with van der Waals surface area (Å²) in [5.41, 5.74) is 0.494. The molecule has 2 N–H and O–H groups in total. The Kier molecular flexibility index (Phi) is 5.71. The number of nitrogens with zero attached hydrogens (tertiary/aromatic N) is 1. The molecular weight excluding hydrogens is 348 g/mol. The highest BCUT2D eigenvalue weighted by atomic mass is 32.2. The van der Waals surface area contributed by atoms with Gasteiger partial charge in [-0.15, -0.1) is 0 Å². The van der Waals surface area contributed by atoms with Gasteiger partial charge in [0.25, 0.3) is 10.0 Å². The first-order chi connectivity index (χ1) is 11.9. The molecule has 134 valence electrons. The number of phenols is 1. The van der Waals surface area contributed by atoms with E-state index < -0.39 is 10.0 Å². The molecule has 0 aliphatic carbocycles. The minimum absolute atomic E-state index is 0.0279. The Morgan fingerprint density at radius 2 is 1.60 bits per heavy atom. The molecular formula is C16H18N2O6S. The average molecular weight is 366 g/mol. The summed E-state index contributed by atoms with van der Waals surface area (Å²) in [4.78, 5) is 2.07. The fraction of sp³-hybridized carbons (Fsp3) is 0.188. The molecule has 0 aromatic heterocycles. The van der Waals surface area contributed by atoms with Gasteiger partial charge in [-0.3, -0.25) is 0 Å². The number of hydrogen-bond acceptors (Lipinski definition) is 7. The van der Waals surface area contributed by atoms with Gasteiger partial charge in [0.15, 0.2) is 23.0 Å². The van der Waals surface area contributed by atoms with Crippen molar-refractivity contribution in [3.05, 3.63) is 42.0 Å². The molecule has 0 saturated heterocycles. The maximum Gasteiger partial charge on any atom is 0.276 e. The number of rotatable bonds is 7. The van der Waals surface area contributed by atoms with Gasteiger partial charge in [-0.1, -0.05) is 0 Å². The Bertz CT molecular complexity index is 880. The molecule has 0 bridgehead atoms. The van der Waals surface area contributed by atoms with E-state index in [1.54, 1.807) is 12.1 Å². The van der Waals surface area contributed by atoms with E-state index in [-0.39, 0.29) is 16.4 Å². The first-order valence-electron chi connectivity index (χ1n) is 7.05. The zero-order chi connectivity index (χ0) is 18.4. The average Bonchev–Trinajstić information content (AvgIpc) is 2.61. The molecule has 8 nitrogen and oxygen atoms in total. The monoisotopic (exact) mass is 366 g/mol. The molecule has 9 heteroatoms. The van der Waals surface area contributed by atoms with Crippen LogP contribution in [0.3, 0.4) is 0 Å². The normalized spacial score (nSPS) is 11.3. The predicted octanol–water partition coefficient (Wildman–Crippen LogP) is 1.73. The van der Waals surface area contributed by atoms with Crippen LogP contribution in [0.2, 0.25) is 0 Å². The van der Waals surface area contributed by atoms with E-state index in [1.807, 2.05) is 0 Å². The number of methoxy groups -OCH3 is 3. The lowest BCUT2D eigenvalue weighted by Gasteiger charge is -2.09. The largest absolute Gasteiger partial charge is 0.504 e. The Hall–Kier alpha value is -2.94. The smallest absolute Gasteiger partial charge is 0.276 e. The first kappa shape index (κ1) is 18.4. The van der Waals surface area contributed by atoms with Gasteiger partial charge in [0, 0.05) is 6.07 Å². The van der Waals surface area contributed by atoms with Crippen LogP contribution in [0.4, 0.5) is 0 Å². The molecule has 0 amide bonds. The van der Waals surface area contributed by atoms with E-state index in [9.17, 15) is 13.5 Å². The number of sulfonamides is 1. The molecule has 0 aliphatic rings. The van der Waals surface area contributed by atoms with Gasteiger partial charge in [0.1, 0.15) is 0 Å². The molecule has 0 atom stereocenters. The van der Waals surface area contributed by atoms with Crippen molar-refractivity contribution < 1.29 is 27.7 Å².